The van der Waals surface area contributed by atoms with Crippen LogP contribution in [-0.4, -0.2) is 29.9 Å². The second-order valence-electron chi connectivity index (χ2n) is 8.96. The summed E-state index contributed by atoms with van der Waals surface area (Å²) in [6, 6.07) is 28.8. The van der Waals surface area contributed by atoms with Crippen LogP contribution in [0.5, 0.6) is 5.75 Å². The molecule has 0 saturated heterocycles. The number of para-hydroxylation sites is 1. The van der Waals surface area contributed by atoms with Crippen molar-refractivity contribution in [3.05, 3.63) is 134 Å². The molecular formula is C30H24ClN5O4. The van der Waals surface area contributed by atoms with Crippen molar-refractivity contribution >= 4 is 40.8 Å². The van der Waals surface area contributed by atoms with E-state index in [4.69, 9.17) is 21.4 Å². The number of amides is 1. The molecule has 200 valence electrons. The second-order valence-corrected chi connectivity index (χ2v) is 9.39. The Morgan fingerprint density at radius 3 is 2.42 bits per heavy atom. The Balaban J connectivity index is 1.35. The van der Waals surface area contributed by atoms with Crippen LogP contribution in [0, 0.1) is 10.1 Å². The van der Waals surface area contributed by atoms with E-state index in [1.54, 1.807) is 13.2 Å². The van der Waals surface area contributed by atoms with Crippen molar-refractivity contribution in [1.82, 2.24) is 5.43 Å². The maximum absolute atomic E-state index is 12.4. The van der Waals surface area contributed by atoms with Crippen molar-refractivity contribution in [1.29, 1.82) is 0 Å². The molecule has 1 N–H and O–H groups in total. The molecule has 9 nitrogen and oxygen atoms in total. The number of ether oxygens (including phenoxy) is 1. The smallest absolute Gasteiger partial charge is 0.282 e. The van der Waals surface area contributed by atoms with Gasteiger partial charge in [-0.1, -0.05) is 60.1 Å². The van der Waals surface area contributed by atoms with Crippen molar-refractivity contribution in [2.75, 3.05) is 12.1 Å². The summed E-state index contributed by atoms with van der Waals surface area (Å²) in [4.78, 5) is 23.0. The molecule has 0 radical (unpaired) electrons. The third-order valence-corrected chi connectivity index (χ3v) is 6.72. The van der Waals surface area contributed by atoms with Gasteiger partial charge in [0, 0.05) is 17.5 Å². The Labute approximate surface area is 235 Å². The number of hydrogen-bond donors (Lipinski definition) is 1. The van der Waals surface area contributed by atoms with Crippen LogP contribution in [0.3, 0.4) is 0 Å². The van der Waals surface area contributed by atoms with Crippen molar-refractivity contribution < 1.29 is 14.5 Å². The number of nitrogens with one attached hydrogen (secondary N) is 1. The van der Waals surface area contributed by atoms with Crippen LogP contribution in [0.1, 0.15) is 39.5 Å². The number of nitro benzene ring substituents is 1. The normalized spacial score (nSPS) is 14.7. The first-order valence-corrected chi connectivity index (χ1v) is 12.7. The Kier molecular flexibility index (Phi) is 7.84. The maximum Gasteiger partial charge on any atom is 0.282 e. The lowest BCUT2D eigenvalue weighted by Gasteiger charge is -2.24. The van der Waals surface area contributed by atoms with E-state index in [0.717, 1.165) is 33.8 Å². The molecule has 1 amide bonds. The molecule has 1 aliphatic heterocycles. The molecule has 0 bridgehead atoms. The van der Waals surface area contributed by atoms with Gasteiger partial charge < -0.3 is 4.74 Å². The molecule has 1 aliphatic rings. The zero-order valence-corrected chi connectivity index (χ0v) is 22.2. The van der Waals surface area contributed by atoms with Gasteiger partial charge in [0.1, 0.15) is 11.3 Å². The van der Waals surface area contributed by atoms with Crippen molar-refractivity contribution in [3.63, 3.8) is 0 Å². The zero-order valence-electron chi connectivity index (χ0n) is 21.4. The van der Waals surface area contributed by atoms with Gasteiger partial charge in [-0.15, -0.1) is 0 Å². The quantitative estimate of drug-likeness (QED) is 0.155. The molecule has 1 atom stereocenters. The van der Waals surface area contributed by atoms with Gasteiger partial charge in [-0.25, -0.2) is 5.43 Å². The van der Waals surface area contributed by atoms with Crippen LogP contribution < -0.4 is 15.2 Å². The number of halogens is 1. The zero-order chi connectivity index (χ0) is 28.1. The molecule has 4 aromatic rings. The third kappa shape index (κ3) is 5.84. The summed E-state index contributed by atoms with van der Waals surface area (Å²) in [5, 5.41) is 22.8. The maximum atomic E-state index is 12.4. The van der Waals surface area contributed by atoms with Crippen LogP contribution in [-0.2, 0) is 0 Å². The highest BCUT2D eigenvalue weighted by molar-refractivity contribution is 6.30. The number of nitro groups is 1. The van der Waals surface area contributed by atoms with E-state index in [2.05, 4.69) is 10.5 Å². The van der Waals surface area contributed by atoms with Crippen LogP contribution in [0.4, 0.5) is 11.4 Å². The number of nitrogens with zero attached hydrogens (tertiary/aromatic N) is 4. The standard InChI is InChI=1S/C30H24ClN5O4/c1-40-25-16-10-22(11-17-25)29-18-27(21-8-12-23(31)13-9-21)34-35(29)24-14-6-20(7-15-24)19-32-33-30(37)26-4-2-3-5-28(26)36(38)39/h2-17,19,29H,18H2,1H3,(H,33,37)/b32-19+. The first kappa shape index (κ1) is 26.6. The molecule has 0 aromatic heterocycles. The van der Waals surface area contributed by atoms with Gasteiger partial charge in [-0.05, 0) is 59.2 Å². The Hall–Kier alpha value is -5.02. The SMILES string of the molecule is COc1ccc(C2CC(c3ccc(Cl)cc3)=NN2c2ccc(/C=N/NC(=O)c3ccccc3[N+](=O)[O-])cc2)cc1. The molecule has 10 heteroatoms. The van der Waals surface area contributed by atoms with Gasteiger partial charge in [-0.3, -0.25) is 19.9 Å². The second kappa shape index (κ2) is 11.8. The number of hydrazone groups is 2. The van der Waals surface area contributed by atoms with Gasteiger partial charge in [0.05, 0.1) is 35.7 Å². The number of anilines is 1. The minimum absolute atomic E-state index is 0.0305. The van der Waals surface area contributed by atoms with Crippen molar-refractivity contribution in [2.24, 2.45) is 10.2 Å². The molecule has 0 fully saturated rings. The fourth-order valence-corrected chi connectivity index (χ4v) is 4.54. The molecule has 0 aliphatic carbocycles. The first-order valence-electron chi connectivity index (χ1n) is 12.4. The number of carbonyl (C=O) groups is 1. The fourth-order valence-electron chi connectivity index (χ4n) is 4.41. The molecule has 4 aromatic carbocycles. The summed E-state index contributed by atoms with van der Waals surface area (Å²) >= 11 is 6.09. The summed E-state index contributed by atoms with van der Waals surface area (Å²) in [5.41, 5.74) is 6.66. The molecule has 0 saturated carbocycles. The molecular weight excluding hydrogens is 530 g/mol. The predicted molar refractivity (Wildman–Crippen MR) is 155 cm³/mol. The highest BCUT2D eigenvalue weighted by Gasteiger charge is 2.30. The van der Waals surface area contributed by atoms with Gasteiger partial charge in [0.25, 0.3) is 11.6 Å². The van der Waals surface area contributed by atoms with Gasteiger partial charge in [0.15, 0.2) is 0 Å². The van der Waals surface area contributed by atoms with E-state index in [0.29, 0.717) is 11.4 Å². The average molecular weight is 554 g/mol. The number of benzene rings is 4. The van der Waals surface area contributed by atoms with E-state index in [1.165, 1.54) is 24.4 Å². The van der Waals surface area contributed by atoms with E-state index < -0.39 is 10.8 Å². The lowest BCUT2D eigenvalue weighted by Crippen LogP contribution is -2.19. The van der Waals surface area contributed by atoms with Gasteiger partial charge >= 0.3 is 0 Å². The molecule has 0 spiro atoms. The fraction of sp³-hybridized carbons (Fsp3) is 0.100. The summed E-state index contributed by atoms with van der Waals surface area (Å²) in [6.45, 7) is 0. The van der Waals surface area contributed by atoms with Gasteiger partial charge in [0.2, 0.25) is 0 Å². The minimum Gasteiger partial charge on any atom is -0.497 e. The number of carbonyl (C=O) groups excluding carboxylic acids is 1. The van der Waals surface area contributed by atoms with Crippen LogP contribution in [0.25, 0.3) is 0 Å². The van der Waals surface area contributed by atoms with Crippen LogP contribution >= 0.6 is 11.6 Å². The molecule has 5 rings (SSSR count). The summed E-state index contributed by atoms with van der Waals surface area (Å²) in [7, 11) is 1.64. The summed E-state index contributed by atoms with van der Waals surface area (Å²) < 4.78 is 5.32. The number of hydrogen-bond acceptors (Lipinski definition) is 7. The van der Waals surface area contributed by atoms with E-state index in [-0.39, 0.29) is 17.3 Å². The van der Waals surface area contributed by atoms with Crippen LogP contribution in [0.2, 0.25) is 5.02 Å². The predicted octanol–water partition coefficient (Wildman–Crippen LogP) is 6.38. The van der Waals surface area contributed by atoms with Crippen molar-refractivity contribution in [2.45, 2.75) is 12.5 Å². The highest BCUT2D eigenvalue weighted by Crippen LogP contribution is 2.37. The minimum atomic E-state index is -0.663. The van der Waals surface area contributed by atoms with E-state index in [9.17, 15) is 14.9 Å². The molecule has 40 heavy (non-hydrogen) atoms. The summed E-state index contributed by atoms with van der Waals surface area (Å²) in [5.74, 6) is 0.119. The largest absolute Gasteiger partial charge is 0.497 e. The number of methoxy groups -OCH3 is 1. The highest BCUT2D eigenvalue weighted by atomic mass is 35.5. The first-order chi connectivity index (χ1) is 19.4. The number of rotatable bonds is 8. The van der Waals surface area contributed by atoms with Gasteiger partial charge in [-0.2, -0.15) is 10.2 Å². The monoisotopic (exact) mass is 553 g/mol. The average Bonchev–Trinajstić information content (AvgIpc) is 3.43. The van der Waals surface area contributed by atoms with E-state index >= 15 is 0 Å². The lowest BCUT2D eigenvalue weighted by atomic mass is 9.98. The third-order valence-electron chi connectivity index (χ3n) is 6.47. The lowest BCUT2D eigenvalue weighted by molar-refractivity contribution is -0.385. The van der Waals surface area contributed by atoms with Crippen molar-refractivity contribution in [3.8, 4) is 5.75 Å². The molecule has 1 heterocycles. The topological polar surface area (TPSA) is 109 Å². The molecule has 1 unspecified atom stereocenters. The Morgan fingerprint density at radius 1 is 1.05 bits per heavy atom. The van der Waals surface area contributed by atoms with Crippen LogP contribution in [0.15, 0.2) is 107 Å². The van der Waals surface area contributed by atoms with E-state index in [1.807, 2.05) is 77.8 Å². The Morgan fingerprint density at radius 2 is 1.75 bits per heavy atom. The Bertz CT molecular complexity index is 1590. The summed E-state index contributed by atoms with van der Waals surface area (Å²) in [6.07, 6.45) is 2.18.